The maximum atomic E-state index is 13.0. The lowest BCUT2D eigenvalue weighted by molar-refractivity contribution is -0.127. The van der Waals surface area contributed by atoms with Gasteiger partial charge in [-0.3, -0.25) is 14.8 Å². The van der Waals surface area contributed by atoms with Gasteiger partial charge in [-0.2, -0.15) is 0 Å². The third-order valence-electron chi connectivity index (χ3n) is 4.13. The van der Waals surface area contributed by atoms with E-state index >= 15 is 0 Å². The highest BCUT2D eigenvalue weighted by atomic mass is 79.9. The van der Waals surface area contributed by atoms with Crippen molar-refractivity contribution in [1.29, 1.82) is 0 Å². The molecule has 142 valence electrons. The molecule has 0 spiro atoms. The molecule has 5 nitrogen and oxygen atoms in total. The zero-order valence-electron chi connectivity index (χ0n) is 15.5. The first-order valence-electron chi connectivity index (χ1n) is 8.74. The molecule has 0 bridgehead atoms. The van der Waals surface area contributed by atoms with E-state index < -0.39 is 0 Å². The molecule has 2 heterocycles. The van der Waals surface area contributed by atoms with E-state index in [9.17, 15) is 4.79 Å². The zero-order valence-corrected chi connectivity index (χ0v) is 17.0. The number of ether oxygens (including phenoxy) is 1. The number of hydrogen-bond acceptors (Lipinski definition) is 4. The number of carbonyl (C=O) groups is 1. The summed E-state index contributed by atoms with van der Waals surface area (Å²) < 4.78 is 6.29. The number of pyridine rings is 2. The van der Waals surface area contributed by atoms with Gasteiger partial charge in [-0.05, 0) is 53.6 Å². The summed E-state index contributed by atoms with van der Waals surface area (Å²) in [6.07, 6.45) is 10.3. The maximum absolute atomic E-state index is 13.0. The van der Waals surface area contributed by atoms with Gasteiger partial charge in [-0.1, -0.05) is 22.0 Å². The lowest BCUT2D eigenvalue weighted by Crippen LogP contribution is -2.28. The first-order chi connectivity index (χ1) is 13.7. The number of aromatic nitrogens is 2. The Morgan fingerprint density at radius 1 is 1.07 bits per heavy atom. The molecule has 0 aliphatic heterocycles. The second-order valence-electron chi connectivity index (χ2n) is 6.13. The van der Waals surface area contributed by atoms with Gasteiger partial charge < -0.3 is 9.64 Å². The number of amides is 1. The Morgan fingerprint density at radius 3 is 2.57 bits per heavy atom. The fourth-order valence-electron chi connectivity index (χ4n) is 2.73. The molecule has 3 aromatic rings. The summed E-state index contributed by atoms with van der Waals surface area (Å²) in [5, 5.41) is 0. The molecule has 0 N–H and O–H groups in total. The largest absolute Gasteiger partial charge is 0.496 e. The Hall–Kier alpha value is -2.99. The highest BCUT2D eigenvalue weighted by Crippen LogP contribution is 2.24. The lowest BCUT2D eigenvalue weighted by Gasteiger charge is -2.21. The smallest absolute Gasteiger partial charge is 0.247 e. The molecule has 28 heavy (non-hydrogen) atoms. The van der Waals surface area contributed by atoms with Gasteiger partial charge in [0, 0.05) is 54.0 Å². The number of benzene rings is 1. The lowest BCUT2D eigenvalue weighted by atomic mass is 10.1. The van der Waals surface area contributed by atoms with E-state index in [1.807, 2.05) is 42.5 Å². The van der Waals surface area contributed by atoms with Crippen molar-refractivity contribution in [2.75, 3.05) is 7.11 Å². The summed E-state index contributed by atoms with van der Waals surface area (Å²) in [4.78, 5) is 22.9. The standard InChI is InChI=1S/C22H20BrN3O2/c1-28-21-6-5-20(23)13-19(21)4-7-22(27)26(15-17-8-11-24-12-9-17)16-18-3-2-10-25-14-18/h2-14H,15-16H2,1H3/b7-4+. The maximum Gasteiger partial charge on any atom is 0.247 e. The molecule has 0 aliphatic carbocycles. The van der Waals surface area contributed by atoms with Crippen molar-refractivity contribution < 1.29 is 9.53 Å². The fourth-order valence-corrected chi connectivity index (χ4v) is 3.11. The van der Waals surface area contributed by atoms with E-state index in [2.05, 4.69) is 25.9 Å². The van der Waals surface area contributed by atoms with Crippen LogP contribution in [-0.2, 0) is 17.9 Å². The van der Waals surface area contributed by atoms with Gasteiger partial charge in [0.05, 0.1) is 7.11 Å². The zero-order chi connectivity index (χ0) is 19.8. The third-order valence-corrected chi connectivity index (χ3v) is 4.62. The van der Waals surface area contributed by atoms with Crippen LogP contribution in [0.3, 0.4) is 0 Å². The molecular formula is C22H20BrN3O2. The van der Waals surface area contributed by atoms with E-state index in [1.165, 1.54) is 0 Å². The van der Waals surface area contributed by atoms with Crippen LogP contribution in [0.5, 0.6) is 5.75 Å². The minimum atomic E-state index is -0.0947. The number of nitrogens with zero attached hydrogens (tertiary/aromatic N) is 3. The van der Waals surface area contributed by atoms with Gasteiger partial charge >= 0.3 is 0 Å². The van der Waals surface area contributed by atoms with Gasteiger partial charge in [0.25, 0.3) is 0 Å². The predicted molar refractivity (Wildman–Crippen MR) is 112 cm³/mol. The monoisotopic (exact) mass is 437 g/mol. The Balaban J connectivity index is 1.82. The number of carbonyl (C=O) groups excluding carboxylic acids is 1. The second kappa shape index (κ2) is 9.80. The minimum Gasteiger partial charge on any atom is -0.496 e. The number of hydrogen-bond donors (Lipinski definition) is 0. The summed E-state index contributed by atoms with van der Waals surface area (Å²) in [5.74, 6) is 0.614. The molecule has 0 fully saturated rings. The summed E-state index contributed by atoms with van der Waals surface area (Å²) in [6.45, 7) is 0.950. The molecule has 0 unspecified atom stereocenters. The molecule has 1 aromatic carbocycles. The van der Waals surface area contributed by atoms with Crippen molar-refractivity contribution in [3.63, 3.8) is 0 Å². The van der Waals surface area contributed by atoms with Crippen molar-refractivity contribution in [2.24, 2.45) is 0 Å². The fraction of sp³-hybridized carbons (Fsp3) is 0.136. The van der Waals surface area contributed by atoms with Gasteiger partial charge in [-0.15, -0.1) is 0 Å². The van der Waals surface area contributed by atoms with Crippen molar-refractivity contribution in [3.05, 3.63) is 94.5 Å². The Labute approximate surface area is 172 Å². The molecule has 0 saturated carbocycles. The van der Waals surface area contributed by atoms with E-state index in [0.29, 0.717) is 18.8 Å². The Bertz CT molecular complexity index is 905. The van der Waals surface area contributed by atoms with Crippen LogP contribution in [0.1, 0.15) is 16.7 Å². The van der Waals surface area contributed by atoms with Crippen LogP contribution in [0, 0.1) is 0 Å². The van der Waals surface area contributed by atoms with E-state index in [-0.39, 0.29) is 5.91 Å². The predicted octanol–water partition coefficient (Wildman–Crippen LogP) is 4.49. The van der Waals surface area contributed by atoms with Crippen molar-refractivity contribution in [2.45, 2.75) is 13.1 Å². The summed E-state index contributed by atoms with van der Waals surface area (Å²) in [7, 11) is 1.61. The SMILES string of the molecule is COc1ccc(Br)cc1/C=C/C(=O)N(Cc1ccncc1)Cc1cccnc1. The van der Waals surface area contributed by atoms with Gasteiger partial charge in [0.2, 0.25) is 5.91 Å². The molecule has 0 saturated heterocycles. The summed E-state index contributed by atoms with van der Waals surface area (Å²) in [5.41, 5.74) is 2.81. The average Bonchev–Trinajstić information content (AvgIpc) is 2.73. The van der Waals surface area contributed by atoms with Gasteiger partial charge in [0.15, 0.2) is 0 Å². The Morgan fingerprint density at radius 2 is 1.86 bits per heavy atom. The average molecular weight is 438 g/mol. The van der Waals surface area contributed by atoms with Crippen LogP contribution in [0.2, 0.25) is 0 Å². The van der Waals surface area contributed by atoms with Crippen LogP contribution in [0.4, 0.5) is 0 Å². The minimum absolute atomic E-state index is 0.0947. The highest BCUT2D eigenvalue weighted by Gasteiger charge is 2.13. The molecular weight excluding hydrogens is 418 g/mol. The van der Waals surface area contributed by atoms with Gasteiger partial charge in [-0.25, -0.2) is 0 Å². The quantitative estimate of drug-likeness (QED) is 0.510. The van der Waals surface area contributed by atoms with E-state index in [0.717, 1.165) is 21.2 Å². The highest BCUT2D eigenvalue weighted by molar-refractivity contribution is 9.10. The van der Waals surface area contributed by atoms with Crippen molar-refractivity contribution in [1.82, 2.24) is 14.9 Å². The Kier molecular flexibility index (Phi) is 6.92. The second-order valence-corrected chi connectivity index (χ2v) is 7.05. The van der Waals surface area contributed by atoms with Crippen LogP contribution in [-0.4, -0.2) is 27.9 Å². The van der Waals surface area contributed by atoms with Crippen molar-refractivity contribution >= 4 is 27.9 Å². The third kappa shape index (κ3) is 5.50. The first kappa shape index (κ1) is 19.8. The number of halogens is 1. The number of rotatable bonds is 7. The van der Waals surface area contributed by atoms with Crippen LogP contribution >= 0.6 is 15.9 Å². The molecule has 0 radical (unpaired) electrons. The molecule has 2 aromatic heterocycles. The topological polar surface area (TPSA) is 55.3 Å². The van der Waals surface area contributed by atoms with Crippen LogP contribution < -0.4 is 4.74 Å². The van der Waals surface area contributed by atoms with E-state index in [4.69, 9.17) is 4.74 Å². The summed E-state index contributed by atoms with van der Waals surface area (Å²) in [6, 6.07) is 13.3. The molecule has 0 aliphatic rings. The summed E-state index contributed by atoms with van der Waals surface area (Å²) >= 11 is 3.45. The van der Waals surface area contributed by atoms with E-state index in [1.54, 1.807) is 48.9 Å². The van der Waals surface area contributed by atoms with Crippen LogP contribution in [0.15, 0.2) is 77.8 Å². The first-order valence-corrected chi connectivity index (χ1v) is 9.53. The van der Waals surface area contributed by atoms with Crippen molar-refractivity contribution in [3.8, 4) is 5.75 Å². The number of methoxy groups -OCH3 is 1. The normalized spacial score (nSPS) is 10.8. The molecule has 3 rings (SSSR count). The molecule has 0 atom stereocenters. The van der Waals surface area contributed by atoms with Crippen LogP contribution in [0.25, 0.3) is 6.08 Å². The molecule has 1 amide bonds. The molecule has 6 heteroatoms. The van der Waals surface area contributed by atoms with Gasteiger partial charge in [0.1, 0.15) is 5.75 Å².